The van der Waals surface area contributed by atoms with Crippen LogP contribution in [0.25, 0.3) is 0 Å². The topological polar surface area (TPSA) is 43.1 Å². The van der Waals surface area contributed by atoms with Crippen LogP contribution in [0.1, 0.15) is 0 Å². The van der Waals surface area contributed by atoms with E-state index in [0.29, 0.717) is 14.0 Å². The van der Waals surface area contributed by atoms with Crippen LogP contribution in [-0.2, 0) is 0 Å². The van der Waals surface area contributed by atoms with Gasteiger partial charge in [0.1, 0.15) is 4.47 Å². The molecular formula is C6H2Br2ClNO2. The quantitative estimate of drug-likeness (QED) is 0.450. The second-order valence-corrected chi connectivity index (χ2v) is 4.00. The number of nitro groups is 1. The molecule has 0 aromatic heterocycles. The van der Waals surface area contributed by atoms with Gasteiger partial charge in [-0.15, -0.1) is 0 Å². The van der Waals surface area contributed by atoms with E-state index in [-0.39, 0.29) is 5.69 Å². The molecule has 0 bridgehead atoms. The first-order chi connectivity index (χ1) is 5.54. The zero-order valence-electron chi connectivity index (χ0n) is 5.55. The predicted octanol–water partition coefficient (Wildman–Crippen LogP) is 3.77. The van der Waals surface area contributed by atoms with Crippen molar-refractivity contribution in [1.29, 1.82) is 0 Å². The maximum absolute atomic E-state index is 10.5. The molecule has 0 radical (unpaired) electrons. The fourth-order valence-electron chi connectivity index (χ4n) is 0.684. The standard InChI is InChI=1S/C6H2Br2ClNO2/c7-3-1-2-4(9)5(8)6(3)10(11)12/h1-2H. The molecule has 0 aliphatic rings. The van der Waals surface area contributed by atoms with Crippen molar-refractivity contribution in [3.8, 4) is 0 Å². The van der Waals surface area contributed by atoms with Gasteiger partial charge in [-0.25, -0.2) is 0 Å². The number of hydrogen-bond acceptors (Lipinski definition) is 2. The summed E-state index contributed by atoms with van der Waals surface area (Å²) in [5.74, 6) is 0. The van der Waals surface area contributed by atoms with Crippen LogP contribution in [0.5, 0.6) is 0 Å². The summed E-state index contributed by atoms with van der Waals surface area (Å²) in [5, 5.41) is 10.8. The molecule has 0 fully saturated rings. The molecule has 0 amide bonds. The highest BCUT2D eigenvalue weighted by molar-refractivity contribution is 9.11. The summed E-state index contributed by atoms with van der Waals surface area (Å²) in [5.41, 5.74) is -0.0532. The Morgan fingerprint density at radius 1 is 1.42 bits per heavy atom. The molecule has 64 valence electrons. The lowest BCUT2D eigenvalue weighted by Gasteiger charge is -1.99. The van der Waals surface area contributed by atoms with Crippen molar-refractivity contribution in [1.82, 2.24) is 0 Å². The van der Waals surface area contributed by atoms with Crippen molar-refractivity contribution in [2.75, 3.05) is 0 Å². The van der Waals surface area contributed by atoms with Gasteiger partial charge in [0.2, 0.25) is 0 Å². The van der Waals surface area contributed by atoms with Gasteiger partial charge in [-0.2, -0.15) is 0 Å². The minimum atomic E-state index is -0.500. The number of halogens is 3. The average Bonchev–Trinajstić information content (AvgIpc) is 1.97. The molecule has 0 saturated heterocycles. The molecule has 0 saturated carbocycles. The Bertz CT molecular complexity index is 343. The number of benzene rings is 1. The largest absolute Gasteiger partial charge is 0.299 e. The van der Waals surface area contributed by atoms with E-state index in [1.807, 2.05) is 0 Å². The predicted molar refractivity (Wildman–Crippen MR) is 53.5 cm³/mol. The zero-order valence-corrected chi connectivity index (χ0v) is 9.48. The summed E-state index contributed by atoms with van der Waals surface area (Å²) < 4.78 is 0.701. The molecule has 1 rings (SSSR count). The van der Waals surface area contributed by atoms with Crippen LogP contribution in [0.15, 0.2) is 21.1 Å². The van der Waals surface area contributed by atoms with E-state index in [1.165, 1.54) is 6.07 Å². The summed E-state index contributed by atoms with van der Waals surface area (Å²) in [6.45, 7) is 0. The first-order valence-corrected chi connectivity index (χ1v) is 4.78. The highest BCUT2D eigenvalue weighted by atomic mass is 79.9. The van der Waals surface area contributed by atoms with Gasteiger partial charge < -0.3 is 0 Å². The highest BCUT2D eigenvalue weighted by Crippen LogP contribution is 2.37. The van der Waals surface area contributed by atoms with Crippen molar-refractivity contribution in [3.63, 3.8) is 0 Å². The van der Waals surface area contributed by atoms with Gasteiger partial charge in [-0.05, 0) is 44.0 Å². The van der Waals surface area contributed by atoms with Crippen LogP contribution in [0.3, 0.4) is 0 Å². The molecule has 0 spiro atoms. The normalized spacial score (nSPS) is 9.92. The average molecular weight is 315 g/mol. The van der Waals surface area contributed by atoms with Gasteiger partial charge in [0.25, 0.3) is 5.69 Å². The Morgan fingerprint density at radius 3 is 2.42 bits per heavy atom. The Balaban J connectivity index is 3.43. The van der Waals surface area contributed by atoms with Crippen LogP contribution in [0.2, 0.25) is 5.02 Å². The second kappa shape index (κ2) is 3.72. The Hall–Kier alpha value is -0.130. The molecule has 0 unspecified atom stereocenters. The van der Waals surface area contributed by atoms with E-state index in [2.05, 4.69) is 31.9 Å². The Kier molecular flexibility index (Phi) is 3.09. The van der Waals surface area contributed by atoms with Gasteiger partial charge in [0.05, 0.1) is 14.4 Å². The van der Waals surface area contributed by atoms with E-state index < -0.39 is 4.92 Å². The Labute approximate surface area is 90.1 Å². The second-order valence-electron chi connectivity index (χ2n) is 1.95. The van der Waals surface area contributed by atoms with Gasteiger partial charge in [-0.3, -0.25) is 10.1 Å². The molecule has 0 heterocycles. The van der Waals surface area contributed by atoms with Crippen molar-refractivity contribution in [3.05, 3.63) is 36.2 Å². The van der Waals surface area contributed by atoms with Gasteiger partial charge in [0.15, 0.2) is 0 Å². The number of nitrogens with zero attached hydrogens (tertiary/aromatic N) is 1. The Morgan fingerprint density at radius 2 is 2.00 bits per heavy atom. The molecular weight excluding hydrogens is 313 g/mol. The molecule has 0 N–H and O–H groups in total. The van der Waals surface area contributed by atoms with Crippen molar-refractivity contribution < 1.29 is 4.92 Å². The molecule has 0 atom stereocenters. The smallest absolute Gasteiger partial charge is 0.258 e. The van der Waals surface area contributed by atoms with E-state index in [9.17, 15) is 10.1 Å². The maximum Gasteiger partial charge on any atom is 0.299 e. The van der Waals surface area contributed by atoms with E-state index in [1.54, 1.807) is 6.07 Å². The fraction of sp³-hybridized carbons (Fsp3) is 0. The minimum Gasteiger partial charge on any atom is -0.258 e. The summed E-state index contributed by atoms with van der Waals surface area (Å²) in [6.07, 6.45) is 0. The number of rotatable bonds is 1. The molecule has 1 aromatic rings. The minimum absolute atomic E-state index is 0.0532. The van der Waals surface area contributed by atoms with Crippen molar-refractivity contribution in [2.24, 2.45) is 0 Å². The lowest BCUT2D eigenvalue weighted by Crippen LogP contribution is -1.90. The van der Waals surface area contributed by atoms with E-state index in [4.69, 9.17) is 11.6 Å². The molecule has 0 aliphatic carbocycles. The van der Waals surface area contributed by atoms with Gasteiger partial charge in [0, 0.05) is 0 Å². The van der Waals surface area contributed by atoms with E-state index >= 15 is 0 Å². The fourth-order valence-corrected chi connectivity index (χ4v) is 2.07. The third kappa shape index (κ3) is 1.78. The van der Waals surface area contributed by atoms with Crippen molar-refractivity contribution >= 4 is 49.1 Å². The zero-order chi connectivity index (χ0) is 9.30. The highest BCUT2D eigenvalue weighted by Gasteiger charge is 2.18. The molecule has 1 aromatic carbocycles. The molecule has 12 heavy (non-hydrogen) atoms. The summed E-state index contributed by atoms with van der Waals surface area (Å²) in [6, 6.07) is 3.11. The molecule has 0 aliphatic heterocycles. The monoisotopic (exact) mass is 313 g/mol. The van der Waals surface area contributed by atoms with Crippen LogP contribution in [-0.4, -0.2) is 4.92 Å². The van der Waals surface area contributed by atoms with Crippen LogP contribution >= 0.6 is 43.5 Å². The SMILES string of the molecule is O=[N+]([O-])c1c(Br)ccc(Cl)c1Br. The third-order valence-corrected chi connectivity index (χ3v) is 3.19. The summed E-state index contributed by atoms with van der Waals surface area (Å²) >= 11 is 11.7. The third-order valence-electron chi connectivity index (χ3n) is 1.20. The van der Waals surface area contributed by atoms with E-state index in [0.717, 1.165) is 0 Å². The van der Waals surface area contributed by atoms with Crippen molar-refractivity contribution in [2.45, 2.75) is 0 Å². The lowest BCUT2D eigenvalue weighted by molar-refractivity contribution is -0.386. The first kappa shape index (κ1) is 9.95. The van der Waals surface area contributed by atoms with Gasteiger partial charge in [-0.1, -0.05) is 11.6 Å². The summed E-state index contributed by atoms with van der Waals surface area (Å²) in [7, 11) is 0. The van der Waals surface area contributed by atoms with Crippen LogP contribution in [0.4, 0.5) is 5.69 Å². The molecule has 3 nitrogen and oxygen atoms in total. The summed E-state index contributed by atoms with van der Waals surface area (Å²) in [4.78, 5) is 9.98. The lowest BCUT2D eigenvalue weighted by atomic mass is 10.3. The van der Waals surface area contributed by atoms with Crippen LogP contribution in [0, 0.1) is 10.1 Å². The van der Waals surface area contributed by atoms with Crippen LogP contribution < -0.4 is 0 Å². The maximum atomic E-state index is 10.5. The number of hydrogen-bond donors (Lipinski definition) is 0. The first-order valence-electron chi connectivity index (χ1n) is 2.82. The number of nitro benzene ring substituents is 1. The van der Waals surface area contributed by atoms with Gasteiger partial charge >= 0.3 is 0 Å². The molecule has 6 heteroatoms.